The molecule has 36 heavy (non-hydrogen) atoms. The normalized spacial score (nSPS) is 14.8. The van der Waals surface area contributed by atoms with Gasteiger partial charge in [-0.2, -0.15) is 0 Å². The molecule has 3 heterocycles. The lowest BCUT2D eigenvalue weighted by atomic mass is 10.00. The quantitative estimate of drug-likeness (QED) is 0.227. The van der Waals surface area contributed by atoms with E-state index in [4.69, 9.17) is 27.4 Å². The number of amidine groups is 2. The summed E-state index contributed by atoms with van der Waals surface area (Å²) in [5, 5.41) is 21.3. The Morgan fingerprint density at radius 2 is 1.97 bits per heavy atom. The first kappa shape index (κ1) is 27.4. The fourth-order valence-electron chi connectivity index (χ4n) is 3.82. The lowest BCUT2D eigenvalue weighted by Crippen LogP contribution is -2.40. The van der Waals surface area contributed by atoms with E-state index >= 15 is 0 Å². The van der Waals surface area contributed by atoms with Crippen LogP contribution in [0.1, 0.15) is 40.5 Å². The Labute approximate surface area is 221 Å². The minimum Gasteiger partial charge on any atom is -0.319 e. The number of aldehydes is 1. The van der Waals surface area contributed by atoms with Crippen molar-refractivity contribution in [2.24, 2.45) is 4.99 Å². The number of aromatic nitrogens is 1. The van der Waals surface area contributed by atoms with Crippen LogP contribution in [0.25, 0.3) is 0 Å². The number of anilines is 1. The monoisotopic (exact) mass is 522 g/mol. The minimum atomic E-state index is -0.627. The van der Waals surface area contributed by atoms with Crippen molar-refractivity contribution in [1.29, 1.82) is 10.8 Å². The number of carbonyl (C=O) groups is 1. The summed E-state index contributed by atoms with van der Waals surface area (Å²) >= 11 is 7.57. The number of likely N-dealkylation sites (N-methyl/N-ethyl adjacent to an activating group) is 1. The first-order valence-corrected chi connectivity index (χ1v) is 12.8. The Hall–Kier alpha value is -3.20. The summed E-state index contributed by atoms with van der Waals surface area (Å²) in [7, 11) is 1.95. The highest BCUT2D eigenvalue weighted by Crippen LogP contribution is 2.40. The van der Waals surface area contributed by atoms with E-state index in [9.17, 15) is 4.79 Å². The number of pyridine rings is 1. The molecule has 9 heteroatoms. The van der Waals surface area contributed by atoms with Crippen LogP contribution in [0.5, 0.6) is 0 Å². The summed E-state index contributed by atoms with van der Waals surface area (Å²) in [5.74, 6) is 0.386. The van der Waals surface area contributed by atoms with Crippen LogP contribution < -0.4 is 10.2 Å². The highest BCUT2D eigenvalue weighted by Gasteiger charge is 2.33. The second kappa shape index (κ2) is 12.7. The Morgan fingerprint density at radius 1 is 1.25 bits per heavy atom. The van der Waals surface area contributed by atoms with Gasteiger partial charge in [0.05, 0.1) is 5.71 Å². The number of hydrogen-bond acceptors (Lipinski definition) is 7. The van der Waals surface area contributed by atoms with Gasteiger partial charge in [0.2, 0.25) is 0 Å². The number of benzene rings is 1. The maximum Gasteiger partial charge on any atom is 0.132 e. The topological polar surface area (TPSA) is 105 Å². The average molecular weight is 523 g/mol. The van der Waals surface area contributed by atoms with Crippen molar-refractivity contribution in [3.8, 4) is 0 Å². The van der Waals surface area contributed by atoms with E-state index in [2.05, 4.69) is 16.4 Å². The smallest absolute Gasteiger partial charge is 0.132 e. The van der Waals surface area contributed by atoms with E-state index in [1.807, 2.05) is 45.3 Å². The zero-order valence-corrected chi connectivity index (χ0v) is 22.5. The number of hydrogen-bond donors (Lipinski definition) is 3. The van der Waals surface area contributed by atoms with Crippen LogP contribution in [-0.4, -0.2) is 48.3 Å². The van der Waals surface area contributed by atoms with E-state index in [0.29, 0.717) is 5.02 Å². The molecule has 0 aliphatic carbocycles. The number of carbonyl (C=O) groups excluding carboxylic acids is 1. The maximum absolute atomic E-state index is 11.2. The van der Waals surface area contributed by atoms with Crippen molar-refractivity contribution in [3.05, 3.63) is 80.9 Å². The lowest BCUT2D eigenvalue weighted by Gasteiger charge is -2.24. The predicted octanol–water partition coefficient (Wildman–Crippen LogP) is 5.45. The molecule has 4 rings (SSSR count). The number of rotatable bonds is 6. The molecule has 2 aromatic heterocycles. The van der Waals surface area contributed by atoms with E-state index in [0.717, 1.165) is 51.5 Å². The highest BCUT2D eigenvalue weighted by atomic mass is 35.5. The molecule has 0 saturated carbocycles. The molecule has 7 nitrogen and oxygen atoms in total. The molecule has 0 fully saturated rings. The van der Waals surface area contributed by atoms with Crippen LogP contribution in [0.15, 0.2) is 53.8 Å². The molecule has 1 aliphatic heterocycles. The molecule has 1 aliphatic rings. The van der Waals surface area contributed by atoms with Crippen molar-refractivity contribution >= 4 is 51.6 Å². The average Bonchev–Trinajstić information content (AvgIpc) is 3.08. The van der Waals surface area contributed by atoms with Crippen LogP contribution in [-0.2, 0) is 11.2 Å². The summed E-state index contributed by atoms with van der Waals surface area (Å²) in [5.41, 5.74) is 4.89. The summed E-state index contributed by atoms with van der Waals surface area (Å²) < 4.78 is 0. The molecular formula is C27H31ClN6OS. The molecule has 188 valence electrons. The van der Waals surface area contributed by atoms with Crippen molar-refractivity contribution in [2.45, 2.75) is 39.7 Å². The van der Waals surface area contributed by atoms with E-state index in [1.165, 1.54) is 5.56 Å². The van der Waals surface area contributed by atoms with E-state index in [1.54, 1.807) is 41.5 Å². The van der Waals surface area contributed by atoms with Gasteiger partial charge in [-0.05, 0) is 70.1 Å². The fourth-order valence-corrected chi connectivity index (χ4v) is 5.17. The van der Waals surface area contributed by atoms with Gasteiger partial charge in [-0.15, -0.1) is 11.3 Å². The van der Waals surface area contributed by atoms with Crippen LogP contribution in [0.2, 0.25) is 5.02 Å². The fraction of sp³-hybridized carbons (Fsp3) is 0.296. The number of aryl methyl sites for hydroxylation is 1. The second-order valence-corrected chi connectivity index (χ2v) is 10.0. The van der Waals surface area contributed by atoms with Crippen LogP contribution >= 0.6 is 22.9 Å². The van der Waals surface area contributed by atoms with E-state index in [-0.39, 0.29) is 18.1 Å². The lowest BCUT2D eigenvalue weighted by molar-refractivity contribution is -0.107. The van der Waals surface area contributed by atoms with Gasteiger partial charge in [-0.3, -0.25) is 25.7 Å². The van der Waals surface area contributed by atoms with Crippen molar-refractivity contribution in [2.75, 3.05) is 18.5 Å². The standard InChI is InChI=1S/C19H19ClN4OS.C8H12N2/c1-10-11(2)26-19-16(10)17(13-4-6-14(20)7-5-13)23-15(8-9-25)18(22)24(19)12(3)21;1-9-6-4-8-3-2-5-10-7-8/h4-7,9,15,21-22H,8H2,1-3H3;2-3,5,7,9H,4,6H2,1H3. The summed E-state index contributed by atoms with van der Waals surface area (Å²) in [6.07, 6.45) is 5.63. The Bertz CT molecular complexity index is 1250. The molecule has 0 radical (unpaired) electrons. The maximum atomic E-state index is 11.2. The zero-order chi connectivity index (χ0) is 26.2. The third-order valence-corrected chi connectivity index (χ3v) is 7.25. The van der Waals surface area contributed by atoms with Gasteiger partial charge in [0.15, 0.2) is 0 Å². The Balaban J connectivity index is 0.000000303. The number of fused-ring (bicyclic) bond motifs is 1. The first-order chi connectivity index (χ1) is 17.3. The SMILES string of the molecule is CC(=N)N1C(=N)C(CC=O)N=C(c2ccc(Cl)cc2)c2c1sc(C)c2C.CNCCc1cccnc1. The third kappa shape index (κ3) is 6.32. The van der Waals surface area contributed by atoms with Gasteiger partial charge in [-0.1, -0.05) is 29.8 Å². The number of thiophene rings is 1. The number of halogens is 1. The zero-order valence-electron chi connectivity index (χ0n) is 20.9. The Morgan fingerprint density at radius 3 is 2.56 bits per heavy atom. The molecule has 0 amide bonds. The molecule has 1 aromatic carbocycles. The largest absolute Gasteiger partial charge is 0.319 e. The number of nitrogens with zero attached hydrogens (tertiary/aromatic N) is 3. The van der Waals surface area contributed by atoms with Crippen LogP contribution in [0.3, 0.4) is 0 Å². The molecule has 3 aromatic rings. The summed E-state index contributed by atoms with van der Waals surface area (Å²) in [4.78, 5) is 22.7. The summed E-state index contributed by atoms with van der Waals surface area (Å²) in [6, 6.07) is 10.8. The first-order valence-electron chi connectivity index (χ1n) is 11.6. The molecule has 3 N–H and O–H groups in total. The molecular weight excluding hydrogens is 492 g/mol. The third-order valence-electron chi connectivity index (χ3n) is 5.81. The number of aliphatic imine (C=N–C) groups is 1. The van der Waals surface area contributed by atoms with Gasteiger partial charge in [0.1, 0.15) is 29.0 Å². The Kier molecular flexibility index (Phi) is 9.64. The molecule has 0 saturated heterocycles. The second-order valence-electron chi connectivity index (χ2n) is 8.39. The van der Waals surface area contributed by atoms with Gasteiger partial charge in [-0.25, -0.2) is 0 Å². The van der Waals surface area contributed by atoms with Crippen LogP contribution in [0, 0.1) is 24.7 Å². The summed E-state index contributed by atoms with van der Waals surface area (Å²) in [6.45, 7) is 6.72. The van der Waals surface area contributed by atoms with Crippen LogP contribution in [0.4, 0.5) is 5.00 Å². The number of nitrogens with one attached hydrogen (secondary N) is 3. The molecule has 1 unspecified atom stereocenters. The molecule has 0 bridgehead atoms. The van der Waals surface area contributed by atoms with Crippen molar-refractivity contribution < 1.29 is 4.79 Å². The van der Waals surface area contributed by atoms with Gasteiger partial charge < -0.3 is 10.1 Å². The van der Waals surface area contributed by atoms with Gasteiger partial charge in [0, 0.05) is 39.8 Å². The van der Waals surface area contributed by atoms with Crippen molar-refractivity contribution in [3.63, 3.8) is 0 Å². The van der Waals surface area contributed by atoms with E-state index < -0.39 is 6.04 Å². The predicted molar refractivity (Wildman–Crippen MR) is 151 cm³/mol. The molecule has 0 spiro atoms. The van der Waals surface area contributed by atoms with Gasteiger partial charge >= 0.3 is 0 Å². The highest BCUT2D eigenvalue weighted by molar-refractivity contribution is 7.17. The molecule has 1 atom stereocenters. The minimum absolute atomic E-state index is 0.104. The van der Waals surface area contributed by atoms with Gasteiger partial charge in [0.25, 0.3) is 0 Å². The van der Waals surface area contributed by atoms with Crippen molar-refractivity contribution in [1.82, 2.24) is 10.3 Å².